The van der Waals surface area contributed by atoms with Crippen LogP contribution in [0.25, 0.3) is 0 Å². The van der Waals surface area contributed by atoms with Crippen molar-refractivity contribution < 1.29 is 26.0 Å². The predicted molar refractivity (Wildman–Crippen MR) is 45.3 cm³/mol. The van der Waals surface area contributed by atoms with Crippen LogP contribution in [0.15, 0.2) is 0 Å². The smallest absolute Gasteiger partial charge is 0.305 e. The van der Waals surface area contributed by atoms with E-state index in [0.717, 1.165) is 0 Å². The summed E-state index contributed by atoms with van der Waals surface area (Å²) in [5.41, 5.74) is 1.76. The van der Waals surface area contributed by atoms with Gasteiger partial charge in [0, 0.05) is 0 Å². The normalized spacial score (nSPS) is 15.1. The van der Waals surface area contributed by atoms with Crippen LogP contribution in [0.1, 0.15) is 6.42 Å². The van der Waals surface area contributed by atoms with E-state index in [4.69, 9.17) is 11.6 Å². The zero-order chi connectivity index (χ0) is 11.8. The molecular formula is C7H12N2O5. The first kappa shape index (κ1) is 10.6. The Labute approximate surface area is 81.4 Å². The molecule has 2 atom stereocenters. The lowest BCUT2D eigenvalue weighted by Gasteiger charge is -2.13. The van der Waals surface area contributed by atoms with Crippen LogP contribution in [-0.2, 0) is 14.4 Å². The van der Waals surface area contributed by atoms with Crippen molar-refractivity contribution in [2.45, 2.75) is 18.5 Å². The molecule has 7 heteroatoms. The number of aldehydes is 1. The Morgan fingerprint density at radius 1 is 1.64 bits per heavy atom. The summed E-state index contributed by atoms with van der Waals surface area (Å²) in [6.07, 6.45) is -0.254. The molecule has 0 saturated heterocycles. The third-order valence-electron chi connectivity index (χ3n) is 1.39. The van der Waals surface area contributed by atoms with Crippen molar-refractivity contribution in [3.05, 3.63) is 0 Å². The highest BCUT2D eigenvalue weighted by atomic mass is 16.4. The second-order valence-corrected chi connectivity index (χ2v) is 2.58. The summed E-state index contributed by atoms with van der Waals surface area (Å²) >= 11 is 0. The maximum Gasteiger partial charge on any atom is 0.305 e. The van der Waals surface area contributed by atoms with Crippen LogP contribution in [0.3, 0.4) is 0 Å². The molecule has 0 saturated carbocycles. The minimum absolute atomic E-state index is 0.282. The zero-order valence-electron chi connectivity index (χ0n) is 8.27. The van der Waals surface area contributed by atoms with Gasteiger partial charge in [-0.2, -0.15) is 0 Å². The van der Waals surface area contributed by atoms with Gasteiger partial charge in [0.1, 0.15) is 13.7 Å². The van der Waals surface area contributed by atoms with Crippen LogP contribution in [-0.4, -0.2) is 47.1 Å². The van der Waals surface area contributed by atoms with Gasteiger partial charge in [0.15, 0.2) is 0 Å². The van der Waals surface area contributed by atoms with Crippen LogP contribution >= 0.6 is 0 Å². The number of carboxylic acid groups (broad SMARTS) is 1. The summed E-state index contributed by atoms with van der Waals surface area (Å²) in [6, 6.07) is -2.33. The highest BCUT2D eigenvalue weighted by molar-refractivity contribution is 5.85. The number of aliphatic hydroxyl groups excluding tert-OH is 1. The van der Waals surface area contributed by atoms with Crippen molar-refractivity contribution in [3.63, 3.8) is 0 Å². The van der Waals surface area contributed by atoms with Gasteiger partial charge < -0.3 is 26.1 Å². The molecule has 0 aromatic rings. The first-order chi connectivity index (χ1) is 7.04. The Hall–Kier alpha value is -1.47. The number of carbonyl (C=O) groups is 3. The monoisotopic (exact) mass is 205 g/mol. The second kappa shape index (κ2) is 6.06. The van der Waals surface area contributed by atoms with Gasteiger partial charge in [-0.15, -0.1) is 0 Å². The molecule has 0 radical (unpaired) electrons. The lowest BCUT2D eigenvalue weighted by Crippen LogP contribution is -2.48. The predicted octanol–water partition coefficient (Wildman–Crippen LogP) is -2.54. The minimum Gasteiger partial charge on any atom is -0.481 e. The van der Waals surface area contributed by atoms with E-state index >= 15 is 0 Å². The molecule has 1 amide bonds. The lowest BCUT2D eigenvalue weighted by molar-refractivity contribution is -0.138. The number of amides is 1. The van der Waals surface area contributed by atoms with Gasteiger partial charge in [0.2, 0.25) is 5.91 Å². The van der Waals surface area contributed by atoms with Crippen LogP contribution < -0.4 is 11.0 Å². The lowest BCUT2D eigenvalue weighted by atomic mass is 10.2. The number of nitrogens with two attached hydrogens (primary N) is 1. The van der Waals surface area contributed by atoms with Gasteiger partial charge in [0.05, 0.1) is 19.1 Å². The van der Waals surface area contributed by atoms with Gasteiger partial charge in [-0.1, -0.05) is 0 Å². The summed E-state index contributed by atoms with van der Waals surface area (Å²) in [6.45, 7) is -0.617. The molecular weight excluding hydrogens is 192 g/mol. The van der Waals surface area contributed by atoms with Crippen LogP contribution in [0.2, 0.25) is 1.41 Å². The Morgan fingerprint density at radius 2 is 2.29 bits per heavy atom. The van der Waals surface area contributed by atoms with Gasteiger partial charge >= 0.3 is 5.97 Å². The Morgan fingerprint density at radius 3 is 2.64 bits per heavy atom. The van der Waals surface area contributed by atoms with E-state index in [-0.39, 0.29) is 6.29 Å². The standard InChI is InChI=1S/C7H12N2O5/c8-5(3-11)7(14)9-4(2-10)1-6(12)13/h2,4-5,11H,1,3,8H2,(H,9,14)(H,12,13)/t4-,5+/m1/s1/i/hD. The molecule has 80 valence electrons. The van der Waals surface area contributed by atoms with E-state index in [1.807, 2.05) is 0 Å². The number of carbonyl (C=O) groups excluding carboxylic acids is 2. The van der Waals surface area contributed by atoms with Crippen molar-refractivity contribution in [1.29, 1.82) is 0 Å². The van der Waals surface area contributed by atoms with Crippen LogP contribution in [0.4, 0.5) is 0 Å². The summed E-state index contributed by atoms with van der Waals surface area (Å²) in [5.74, 6) is -2.03. The highest BCUT2D eigenvalue weighted by Crippen LogP contribution is 1.89. The second-order valence-electron chi connectivity index (χ2n) is 2.58. The topological polar surface area (TPSA) is 130 Å². The largest absolute Gasteiger partial charge is 0.481 e. The molecule has 0 aromatic heterocycles. The average molecular weight is 205 g/mol. The van der Waals surface area contributed by atoms with E-state index in [0.29, 0.717) is 0 Å². The third-order valence-corrected chi connectivity index (χ3v) is 1.39. The Kier molecular flexibility index (Phi) is 4.59. The first-order valence-electron chi connectivity index (χ1n) is 4.30. The van der Waals surface area contributed by atoms with Crippen molar-refractivity contribution in [2.75, 3.05) is 6.61 Å². The van der Waals surface area contributed by atoms with E-state index < -0.39 is 37.0 Å². The zero-order valence-corrected chi connectivity index (χ0v) is 7.27. The molecule has 0 aliphatic rings. The number of hydrogen-bond donors (Lipinski definition) is 4. The van der Waals surface area contributed by atoms with Gasteiger partial charge in [0.25, 0.3) is 0 Å². The van der Waals surface area contributed by atoms with E-state index in [2.05, 4.69) is 5.32 Å². The molecule has 0 bridgehead atoms. The fraction of sp³-hybridized carbons (Fsp3) is 0.571. The molecule has 0 rings (SSSR count). The maximum absolute atomic E-state index is 11.2. The van der Waals surface area contributed by atoms with E-state index in [1.165, 1.54) is 0 Å². The molecule has 0 spiro atoms. The number of nitrogens with one attached hydrogen (secondary N) is 1. The van der Waals surface area contributed by atoms with Crippen molar-refractivity contribution >= 4 is 18.2 Å². The van der Waals surface area contributed by atoms with Crippen molar-refractivity contribution in [2.24, 2.45) is 5.73 Å². The summed E-state index contributed by atoms with van der Waals surface area (Å²) in [4.78, 5) is 31.8. The van der Waals surface area contributed by atoms with E-state index in [1.54, 1.807) is 5.73 Å². The average Bonchev–Trinajstić information content (AvgIpc) is 2.17. The quantitative estimate of drug-likeness (QED) is 0.339. The molecule has 0 aliphatic carbocycles. The molecule has 0 heterocycles. The van der Waals surface area contributed by atoms with E-state index in [9.17, 15) is 14.4 Å². The Balaban J connectivity index is 4.22. The van der Waals surface area contributed by atoms with Gasteiger partial charge in [-0.3, -0.25) is 9.59 Å². The third kappa shape index (κ3) is 4.53. The first-order valence-corrected chi connectivity index (χ1v) is 3.80. The SMILES string of the molecule is [2H]N[C@@H](CO)C(=O)N[C@@H](C=O)CC(=O)O. The number of aliphatic carboxylic acids is 1. The maximum atomic E-state index is 11.2. The van der Waals surface area contributed by atoms with Crippen molar-refractivity contribution in [3.8, 4) is 0 Å². The molecule has 7 nitrogen and oxygen atoms in total. The summed E-state index contributed by atoms with van der Waals surface area (Å²) in [7, 11) is 0. The number of carboxylic acids is 1. The van der Waals surface area contributed by atoms with Crippen LogP contribution in [0.5, 0.6) is 0 Å². The molecule has 0 aromatic carbocycles. The van der Waals surface area contributed by atoms with Crippen molar-refractivity contribution in [1.82, 2.24) is 5.32 Å². The van der Waals surface area contributed by atoms with Gasteiger partial charge in [-0.25, -0.2) is 0 Å². The molecule has 0 fully saturated rings. The molecule has 14 heavy (non-hydrogen) atoms. The fourth-order valence-electron chi connectivity index (χ4n) is 0.688. The van der Waals surface area contributed by atoms with Gasteiger partial charge in [-0.05, 0) is 0 Å². The number of rotatable bonds is 7. The molecule has 0 unspecified atom stereocenters. The summed E-state index contributed by atoms with van der Waals surface area (Å²) in [5, 5.41) is 19.1. The number of hydrogen-bond acceptors (Lipinski definition) is 5. The summed E-state index contributed by atoms with van der Waals surface area (Å²) < 4.78 is 6.66. The molecule has 5 N–H and O–H groups in total. The number of aliphatic hydroxyl groups is 1. The highest BCUT2D eigenvalue weighted by Gasteiger charge is 2.18. The fourth-order valence-corrected chi connectivity index (χ4v) is 0.688. The molecule has 0 aliphatic heterocycles. The van der Waals surface area contributed by atoms with Crippen LogP contribution in [0, 0.1) is 0 Å². The Bertz CT molecular complexity index is 244. The minimum atomic E-state index is -1.23.